The van der Waals surface area contributed by atoms with Gasteiger partial charge in [0.25, 0.3) is 0 Å². The Balaban J connectivity index is 1.04. The predicted octanol–water partition coefficient (Wildman–Crippen LogP) is 12.6. The minimum absolute atomic E-state index is 0.187. The summed E-state index contributed by atoms with van der Waals surface area (Å²) in [5.74, 6) is 0. The molecule has 254 valence electrons. The van der Waals surface area contributed by atoms with E-state index in [0.717, 1.165) is 27.9 Å². The van der Waals surface area contributed by atoms with Crippen LogP contribution in [0.2, 0.25) is 0 Å². The summed E-state index contributed by atoms with van der Waals surface area (Å²) in [6, 6.07) is 50.3. The van der Waals surface area contributed by atoms with Gasteiger partial charge < -0.3 is 5.32 Å². The minimum Gasteiger partial charge on any atom is -0.388 e. The van der Waals surface area contributed by atoms with Crippen LogP contribution in [0, 0.1) is 4.91 Å². The van der Waals surface area contributed by atoms with Crippen molar-refractivity contribution in [3.63, 3.8) is 0 Å². The van der Waals surface area contributed by atoms with Gasteiger partial charge in [-0.1, -0.05) is 121 Å². The lowest BCUT2D eigenvalue weighted by Gasteiger charge is -2.29. The number of hydrogen-bond donors (Lipinski definition) is 1. The highest BCUT2D eigenvalue weighted by Gasteiger charge is 2.67. The second-order valence-electron chi connectivity index (χ2n) is 16.5. The monoisotopic (exact) mass is 674 g/mol. The van der Waals surface area contributed by atoms with E-state index >= 15 is 0 Å². The third kappa shape index (κ3) is 4.20. The predicted molar refractivity (Wildman–Crippen MR) is 213 cm³/mol. The Morgan fingerprint density at radius 3 is 1.10 bits per heavy atom. The molecule has 0 amide bonds. The molecule has 6 aromatic rings. The normalized spacial score (nSPS) is 19.7. The lowest BCUT2D eigenvalue weighted by Crippen LogP contribution is -2.26. The van der Waals surface area contributed by atoms with Gasteiger partial charge in [0.15, 0.2) is 0 Å². The Bertz CT molecular complexity index is 2390. The summed E-state index contributed by atoms with van der Waals surface area (Å²) in [6.45, 7) is 0. The third-order valence-corrected chi connectivity index (χ3v) is 14.3. The van der Waals surface area contributed by atoms with Gasteiger partial charge >= 0.3 is 0 Å². The standard InChI is InChI=1S/C49H42N2O/c1-50-44-30-36-10-20-42(44)34-6-16-40(17-7-34)48(26-27-48)47(24-25-47)39-14-4-33(5-15-39)37-11-21-43(45(31-37)51-52)35-8-18-41(19-9-35)49(28-29-49)46(22-23-46)38-12-2-32(36)3-13-38/h2-21,30-31,50H,22-29H2,1H3. The smallest absolute Gasteiger partial charge is 0.116 e. The molecule has 0 saturated heterocycles. The van der Waals surface area contributed by atoms with Crippen molar-refractivity contribution in [2.24, 2.45) is 5.18 Å². The molecule has 12 bridgehead atoms. The van der Waals surface area contributed by atoms with Crippen LogP contribution in [-0.4, -0.2) is 7.05 Å². The maximum atomic E-state index is 12.3. The molecule has 0 heterocycles. The Hall–Kier alpha value is -5.28. The second-order valence-corrected chi connectivity index (χ2v) is 16.5. The van der Waals surface area contributed by atoms with Gasteiger partial charge in [0.05, 0.1) is 0 Å². The second kappa shape index (κ2) is 10.6. The molecule has 0 radical (unpaired) electrons. The lowest BCUT2D eigenvalue weighted by atomic mass is 9.74. The quantitative estimate of drug-likeness (QED) is 0.186. The molecule has 20 aliphatic carbocycles. The zero-order valence-corrected chi connectivity index (χ0v) is 29.7. The zero-order valence-electron chi connectivity index (χ0n) is 29.7. The van der Waals surface area contributed by atoms with E-state index < -0.39 is 0 Å². The molecule has 3 heteroatoms. The van der Waals surface area contributed by atoms with Gasteiger partial charge in [0.2, 0.25) is 0 Å². The number of rotatable bonds is 2. The van der Waals surface area contributed by atoms with Crippen LogP contribution in [0.3, 0.4) is 0 Å². The number of benzene rings is 6. The average molecular weight is 675 g/mol. The summed E-state index contributed by atoms with van der Waals surface area (Å²) in [6.07, 6.45) is 9.84. The molecule has 0 atom stereocenters. The van der Waals surface area contributed by atoms with Crippen LogP contribution in [0.4, 0.5) is 11.4 Å². The fraction of sp³-hybridized carbons (Fsp3) is 0.265. The molecule has 26 rings (SSSR count). The van der Waals surface area contributed by atoms with Gasteiger partial charge in [-0.3, -0.25) is 0 Å². The van der Waals surface area contributed by atoms with E-state index in [2.05, 4.69) is 138 Å². The maximum Gasteiger partial charge on any atom is 0.116 e. The number of nitrogens with zero attached hydrogens (tertiary/aromatic N) is 1. The van der Waals surface area contributed by atoms with Crippen molar-refractivity contribution in [2.75, 3.05) is 12.4 Å². The van der Waals surface area contributed by atoms with E-state index in [4.69, 9.17) is 0 Å². The fourth-order valence-electron chi connectivity index (χ4n) is 10.8. The topological polar surface area (TPSA) is 41.5 Å². The molecule has 20 aliphatic rings. The van der Waals surface area contributed by atoms with E-state index in [1.54, 1.807) is 0 Å². The summed E-state index contributed by atoms with van der Waals surface area (Å²) >= 11 is 0. The van der Waals surface area contributed by atoms with Crippen molar-refractivity contribution in [2.45, 2.75) is 73.0 Å². The number of hydrogen-bond acceptors (Lipinski definition) is 3. The van der Waals surface area contributed by atoms with Crippen molar-refractivity contribution < 1.29 is 0 Å². The van der Waals surface area contributed by atoms with Crippen LogP contribution in [0.25, 0.3) is 44.5 Å². The van der Waals surface area contributed by atoms with Gasteiger partial charge in [0, 0.05) is 45.5 Å². The average Bonchev–Trinajstić information content (AvgIpc) is 4.02. The molecule has 0 aromatic heterocycles. The van der Waals surface area contributed by atoms with Gasteiger partial charge in [-0.25, -0.2) is 0 Å². The van der Waals surface area contributed by atoms with E-state index in [9.17, 15) is 4.91 Å². The van der Waals surface area contributed by atoms with Crippen LogP contribution in [0.5, 0.6) is 0 Å². The third-order valence-electron chi connectivity index (χ3n) is 14.3. The highest BCUT2D eigenvalue weighted by Crippen LogP contribution is 2.72. The van der Waals surface area contributed by atoms with Crippen molar-refractivity contribution in [3.8, 4) is 44.5 Å². The molecular formula is C49H42N2O. The highest BCUT2D eigenvalue weighted by molar-refractivity contribution is 5.84. The first kappa shape index (κ1) is 30.4. The largest absolute Gasteiger partial charge is 0.388 e. The summed E-state index contributed by atoms with van der Waals surface area (Å²) in [5, 5.41) is 7.05. The number of nitrogens with one attached hydrogen (secondary N) is 1. The van der Waals surface area contributed by atoms with Crippen molar-refractivity contribution >= 4 is 11.4 Å². The molecule has 0 aliphatic heterocycles. The summed E-state index contributed by atoms with van der Waals surface area (Å²) in [4.78, 5) is 12.3. The molecule has 4 saturated carbocycles. The lowest BCUT2D eigenvalue weighted by molar-refractivity contribution is 0.507. The Morgan fingerprint density at radius 2 is 0.731 bits per heavy atom. The van der Waals surface area contributed by atoms with Crippen LogP contribution in [0.15, 0.2) is 139 Å². The first-order valence-corrected chi connectivity index (χ1v) is 19.2. The van der Waals surface area contributed by atoms with Crippen molar-refractivity contribution in [3.05, 3.63) is 161 Å². The number of anilines is 1. The molecule has 52 heavy (non-hydrogen) atoms. The van der Waals surface area contributed by atoms with E-state index in [1.807, 2.05) is 13.1 Å². The molecule has 0 unspecified atom stereocenters. The SMILES string of the molecule is CNc1cc2ccc1-c1ccc(cc1)C1(CC1)C1(CC1)c1ccc(cc1)-c1ccc(c(N=O)c1)-c1ccc(cc1)C1(CC1)C1(CC1)c1ccc-2cc1. The van der Waals surface area contributed by atoms with Gasteiger partial charge in [-0.15, -0.1) is 4.91 Å². The molecule has 6 aromatic carbocycles. The van der Waals surface area contributed by atoms with Crippen molar-refractivity contribution in [1.29, 1.82) is 0 Å². The first-order valence-electron chi connectivity index (χ1n) is 19.2. The van der Waals surface area contributed by atoms with Crippen LogP contribution in [-0.2, 0) is 21.7 Å². The van der Waals surface area contributed by atoms with E-state index in [-0.39, 0.29) is 21.7 Å². The van der Waals surface area contributed by atoms with Crippen LogP contribution in [0.1, 0.15) is 73.6 Å². The number of nitroso groups, excluding NO2 is 1. The Morgan fingerprint density at radius 1 is 0.404 bits per heavy atom. The van der Waals surface area contributed by atoms with Gasteiger partial charge in [0.1, 0.15) is 5.69 Å². The summed E-state index contributed by atoms with van der Waals surface area (Å²) in [7, 11) is 2.04. The maximum absolute atomic E-state index is 12.3. The summed E-state index contributed by atoms with van der Waals surface area (Å²) < 4.78 is 0. The molecule has 3 nitrogen and oxygen atoms in total. The van der Waals surface area contributed by atoms with E-state index in [1.165, 1.54) is 95.9 Å². The molecule has 4 spiro atoms. The van der Waals surface area contributed by atoms with E-state index in [0.29, 0.717) is 5.69 Å². The van der Waals surface area contributed by atoms with Crippen LogP contribution >= 0.6 is 0 Å². The fourth-order valence-corrected chi connectivity index (χ4v) is 10.8. The van der Waals surface area contributed by atoms with Gasteiger partial charge in [-0.2, -0.15) is 0 Å². The Labute approximate surface area is 306 Å². The zero-order chi connectivity index (χ0) is 34.7. The summed E-state index contributed by atoms with van der Waals surface area (Å²) in [5.41, 5.74) is 17.3. The molecule has 4 fully saturated rings. The first-order chi connectivity index (χ1) is 25.5. The van der Waals surface area contributed by atoms with Gasteiger partial charge in [-0.05, 0) is 124 Å². The highest BCUT2D eigenvalue weighted by atomic mass is 16.3. The molecule has 1 N–H and O–H groups in total. The van der Waals surface area contributed by atoms with Crippen LogP contribution < -0.4 is 5.32 Å². The minimum atomic E-state index is 0.187. The Kier molecular flexibility index (Phi) is 6.21. The molecular weight excluding hydrogens is 633 g/mol. The van der Waals surface area contributed by atoms with Crippen molar-refractivity contribution in [1.82, 2.24) is 0 Å².